The standard InChI is InChI=1S/C10H13FO2.CH3NO/c1-12-10(13-2)7-8-5-3-4-6-9(8)11;2-1-3/h3-6,10H,7H2,1-2H3;1H,(H2,2,3). The van der Waals surface area contributed by atoms with Crippen LogP contribution in [0, 0.1) is 5.82 Å². The van der Waals surface area contributed by atoms with Crippen molar-refractivity contribution in [2.24, 2.45) is 5.73 Å². The van der Waals surface area contributed by atoms with Crippen molar-refractivity contribution in [2.75, 3.05) is 14.2 Å². The summed E-state index contributed by atoms with van der Waals surface area (Å²) in [4.78, 5) is 8.58. The lowest BCUT2D eigenvalue weighted by Gasteiger charge is -2.13. The van der Waals surface area contributed by atoms with Crippen molar-refractivity contribution in [3.05, 3.63) is 35.6 Å². The maximum absolute atomic E-state index is 13.1. The molecular formula is C11H16FNO3. The second-order valence-electron chi connectivity index (χ2n) is 2.83. The second-order valence-corrected chi connectivity index (χ2v) is 2.83. The third-order valence-corrected chi connectivity index (χ3v) is 1.87. The number of primary amides is 1. The van der Waals surface area contributed by atoms with Crippen LogP contribution in [0.4, 0.5) is 4.39 Å². The number of carbonyl (C=O) groups excluding carboxylic acids is 1. The van der Waals surface area contributed by atoms with Crippen LogP contribution in [0.15, 0.2) is 24.3 Å². The van der Waals surface area contributed by atoms with Gasteiger partial charge in [0.25, 0.3) is 0 Å². The van der Waals surface area contributed by atoms with Gasteiger partial charge >= 0.3 is 0 Å². The summed E-state index contributed by atoms with van der Waals surface area (Å²) in [5.74, 6) is -0.221. The van der Waals surface area contributed by atoms with Gasteiger partial charge in [0.15, 0.2) is 6.29 Å². The lowest BCUT2D eigenvalue weighted by atomic mass is 10.1. The van der Waals surface area contributed by atoms with Crippen LogP contribution in [-0.2, 0) is 20.7 Å². The number of ether oxygens (including phenoxy) is 2. The summed E-state index contributed by atoms with van der Waals surface area (Å²) in [7, 11) is 3.07. The van der Waals surface area contributed by atoms with Crippen LogP contribution in [0.5, 0.6) is 0 Å². The Hall–Kier alpha value is -1.46. The topological polar surface area (TPSA) is 61.6 Å². The lowest BCUT2D eigenvalue weighted by molar-refractivity contribution is -0.106. The normalized spacial score (nSPS) is 9.50. The molecule has 90 valence electrons. The molecule has 5 heteroatoms. The number of carbonyl (C=O) groups is 1. The molecule has 0 radical (unpaired) electrons. The van der Waals surface area contributed by atoms with Gasteiger partial charge in [-0.3, -0.25) is 4.79 Å². The predicted octanol–water partition coefficient (Wildman–Crippen LogP) is 1.09. The Morgan fingerprint density at radius 2 is 1.88 bits per heavy atom. The van der Waals surface area contributed by atoms with Gasteiger partial charge in [0, 0.05) is 20.6 Å². The maximum Gasteiger partial charge on any atom is 0.204 e. The summed E-state index contributed by atoms with van der Waals surface area (Å²) in [6.45, 7) is 0. The SMILES string of the molecule is COC(Cc1ccccc1F)OC.NC=O. The minimum atomic E-state index is -0.378. The van der Waals surface area contributed by atoms with E-state index in [1.165, 1.54) is 20.3 Å². The highest BCUT2D eigenvalue weighted by Crippen LogP contribution is 2.10. The van der Waals surface area contributed by atoms with E-state index in [1.807, 2.05) is 0 Å². The number of halogens is 1. The zero-order valence-corrected chi connectivity index (χ0v) is 9.35. The summed E-state index contributed by atoms with van der Waals surface area (Å²) in [5.41, 5.74) is 4.77. The van der Waals surface area contributed by atoms with Crippen LogP contribution in [0.3, 0.4) is 0 Å². The highest BCUT2D eigenvalue weighted by atomic mass is 19.1. The largest absolute Gasteiger partial charge is 0.372 e. The van der Waals surface area contributed by atoms with Crippen LogP contribution >= 0.6 is 0 Å². The summed E-state index contributed by atoms with van der Waals surface area (Å²) in [6, 6.07) is 6.60. The van der Waals surface area contributed by atoms with Gasteiger partial charge in [0.2, 0.25) is 6.41 Å². The Bertz CT molecular complexity index is 303. The van der Waals surface area contributed by atoms with Crippen molar-refractivity contribution in [3.8, 4) is 0 Å². The summed E-state index contributed by atoms with van der Waals surface area (Å²) >= 11 is 0. The molecule has 0 unspecified atom stereocenters. The quantitative estimate of drug-likeness (QED) is 0.621. The number of amides is 1. The molecule has 16 heavy (non-hydrogen) atoms. The van der Waals surface area contributed by atoms with Crippen molar-refractivity contribution >= 4 is 6.41 Å². The van der Waals surface area contributed by atoms with Gasteiger partial charge in [-0.15, -0.1) is 0 Å². The van der Waals surface area contributed by atoms with E-state index < -0.39 is 0 Å². The average Bonchev–Trinajstić information content (AvgIpc) is 2.29. The van der Waals surface area contributed by atoms with Gasteiger partial charge in [-0.1, -0.05) is 18.2 Å². The Labute approximate surface area is 94.2 Å². The van der Waals surface area contributed by atoms with Gasteiger partial charge in [-0.2, -0.15) is 0 Å². The molecule has 0 spiro atoms. The van der Waals surface area contributed by atoms with Gasteiger partial charge in [0.05, 0.1) is 0 Å². The summed E-state index contributed by atoms with van der Waals surface area (Å²) in [5, 5.41) is 0. The molecule has 0 aliphatic carbocycles. The molecule has 1 aromatic rings. The Balaban J connectivity index is 0.000000673. The highest BCUT2D eigenvalue weighted by molar-refractivity contribution is 5.42. The van der Waals surface area contributed by atoms with Crippen molar-refractivity contribution in [1.29, 1.82) is 0 Å². The number of nitrogens with two attached hydrogens (primary N) is 1. The van der Waals surface area contributed by atoms with Crippen molar-refractivity contribution < 1.29 is 18.7 Å². The molecule has 0 atom stereocenters. The lowest BCUT2D eigenvalue weighted by Crippen LogP contribution is -2.16. The number of hydrogen-bond donors (Lipinski definition) is 1. The first-order chi connectivity index (χ1) is 7.69. The highest BCUT2D eigenvalue weighted by Gasteiger charge is 2.09. The molecule has 1 amide bonds. The van der Waals surface area contributed by atoms with Crippen molar-refractivity contribution in [2.45, 2.75) is 12.7 Å². The molecule has 0 saturated heterocycles. The molecule has 0 saturated carbocycles. The molecule has 0 aliphatic heterocycles. The van der Waals surface area contributed by atoms with E-state index in [1.54, 1.807) is 18.2 Å². The predicted molar refractivity (Wildman–Crippen MR) is 58.2 cm³/mol. The third-order valence-electron chi connectivity index (χ3n) is 1.87. The molecule has 2 N–H and O–H groups in total. The molecule has 0 aromatic heterocycles. The van der Waals surface area contributed by atoms with Gasteiger partial charge in [-0.05, 0) is 11.6 Å². The zero-order valence-electron chi connectivity index (χ0n) is 9.35. The maximum atomic E-state index is 13.1. The van der Waals surface area contributed by atoms with E-state index in [9.17, 15) is 4.39 Å². The first kappa shape index (κ1) is 14.5. The molecule has 0 fully saturated rings. The Morgan fingerprint density at radius 3 is 2.31 bits per heavy atom. The van der Waals surface area contributed by atoms with Crippen molar-refractivity contribution in [1.82, 2.24) is 0 Å². The van der Waals surface area contributed by atoms with Crippen molar-refractivity contribution in [3.63, 3.8) is 0 Å². The second kappa shape index (κ2) is 8.82. The van der Waals surface area contributed by atoms with E-state index in [0.29, 0.717) is 12.0 Å². The minimum absolute atomic E-state index is 0.221. The fourth-order valence-electron chi connectivity index (χ4n) is 1.11. The zero-order chi connectivity index (χ0) is 12.4. The monoisotopic (exact) mass is 229 g/mol. The van der Waals surface area contributed by atoms with E-state index in [2.05, 4.69) is 5.73 Å². The number of methoxy groups -OCH3 is 2. The number of benzene rings is 1. The number of hydrogen-bond acceptors (Lipinski definition) is 3. The van der Waals surface area contributed by atoms with Gasteiger partial charge in [-0.25, -0.2) is 4.39 Å². The first-order valence-corrected chi connectivity index (χ1v) is 4.64. The summed E-state index contributed by atoms with van der Waals surface area (Å²) in [6.07, 6.45) is 0.302. The van der Waals surface area contributed by atoms with E-state index in [4.69, 9.17) is 14.3 Å². The fraction of sp³-hybridized carbons (Fsp3) is 0.364. The molecule has 1 rings (SSSR count). The fourth-order valence-corrected chi connectivity index (χ4v) is 1.11. The molecule has 0 aliphatic rings. The smallest absolute Gasteiger partial charge is 0.204 e. The van der Waals surface area contributed by atoms with Crippen LogP contribution in [0.2, 0.25) is 0 Å². The third kappa shape index (κ3) is 5.43. The Kier molecular flexibility index (Phi) is 8.01. The Morgan fingerprint density at radius 1 is 1.38 bits per heavy atom. The molecule has 0 bridgehead atoms. The van der Waals surface area contributed by atoms with E-state index in [-0.39, 0.29) is 18.5 Å². The minimum Gasteiger partial charge on any atom is -0.372 e. The van der Waals surface area contributed by atoms with Crippen LogP contribution < -0.4 is 5.73 Å². The van der Waals surface area contributed by atoms with E-state index in [0.717, 1.165) is 0 Å². The van der Waals surface area contributed by atoms with Crippen LogP contribution in [0.25, 0.3) is 0 Å². The van der Waals surface area contributed by atoms with Crippen LogP contribution in [-0.4, -0.2) is 26.9 Å². The number of rotatable bonds is 4. The molecule has 0 heterocycles. The van der Waals surface area contributed by atoms with Crippen LogP contribution in [0.1, 0.15) is 5.56 Å². The van der Waals surface area contributed by atoms with Gasteiger partial charge < -0.3 is 15.2 Å². The average molecular weight is 229 g/mol. The summed E-state index contributed by atoms with van der Waals surface area (Å²) < 4.78 is 23.1. The molecule has 1 aromatic carbocycles. The molecule has 4 nitrogen and oxygen atoms in total. The van der Waals surface area contributed by atoms with E-state index >= 15 is 0 Å². The molecular weight excluding hydrogens is 213 g/mol. The van der Waals surface area contributed by atoms with Gasteiger partial charge in [0.1, 0.15) is 5.82 Å². The first-order valence-electron chi connectivity index (χ1n) is 4.64.